The zero-order chi connectivity index (χ0) is 16.8. The lowest BCUT2D eigenvalue weighted by molar-refractivity contribution is -0.105. The van der Waals surface area contributed by atoms with Crippen molar-refractivity contribution in [3.63, 3.8) is 0 Å². The molecule has 0 spiro atoms. The van der Waals surface area contributed by atoms with E-state index in [4.69, 9.17) is 5.11 Å². The predicted octanol–water partition coefficient (Wildman–Crippen LogP) is 3.54. The highest BCUT2D eigenvalue weighted by molar-refractivity contribution is 7.99. The van der Waals surface area contributed by atoms with Gasteiger partial charge in [0.2, 0.25) is 0 Å². The van der Waals surface area contributed by atoms with Gasteiger partial charge in [-0.05, 0) is 38.0 Å². The second-order valence-corrected chi connectivity index (χ2v) is 5.93. The Kier molecular flexibility index (Phi) is 7.02. The topological polar surface area (TPSA) is 61.4 Å². The Hall–Kier alpha value is -1.41. The Balaban J connectivity index is 2.75. The smallest absolute Gasteiger partial charge is 0.396 e. The molecule has 0 radical (unpaired) electrons. The monoisotopic (exact) mass is 336 g/mol. The zero-order valence-electron chi connectivity index (χ0n) is 12.3. The number of aliphatic hydroxyl groups excluding tert-OH is 1. The fourth-order valence-electron chi connectivity index (χ4n) is 1.67. The highest BCUT2D eigenvalue weighted by atomic mass is 32.2. The second-order valence-electron chi connectivity index (χ2n) is 4.92. The third kappa shape index (κ3) is 7.04. The van der Waals surface area contributed by atoms with Gasteiger partial charge in [0.1, 0.15) is 0 Å². The number of nitrogens with one attached hydrogen (secondary N) is 2. The second kappa shape index (κ2) is 8.28. The number of rotatable bonds is 6. The van der Waals surface area contributed by atoms with Gasteiger partial charge in [0.15, 0.2) is 0 Å². The maximum Gasteiger partial charge on any atom is 0.398 e. The van der Waals surface area contributed by atoms with Gasteiger partial charge >= 0.3 is 12.2 Å². The number of halogens is 3. The van der Waals surface area contributed by atoms with E-state index in [2.05, 4.69) is 10.6 Å². The van der Waals surface area contributed by atoms with Crippen molar-refractivity contribution in [1.29, 1.82) is 0 Å². The van der Waals surface area contributed by atoms with E-state index >= 15 is 0 Å². The number of anilines is 1. The number of aryl methyl sites for hydroxylation is 1. The first-order valence-corrected chi connectivity index (χ1v) is 7.68. The van der Waals surface area contributed by atoms with Crippen LogP contribution in [0.5, 0.6) is 0 Å². The molecule has 0 bridgehead atoms. The molecular formula is C14H19F3N2O2S. The van der Waals surface area contributed by atoms with Crippen LogP contribution in [-0.2, 0) is 0 Å². The minimum atomic E-state index is -4.27. The van der Waals surface area contributed by atoms with Crippen LogP contribution in [0, 0.1) is 6.92 Å². The summed E-state index contributed by atoms with van der Waals surface area (Å²) in [7, 11) is 0. The molecule has 0 saturated carbocycles. The SMILES string of the molecule is Cc1ccc(SCC(F)(F)F)c(NC(=O)N[C@@H](C)CCO)c1. The molecule has 1 aromatic carbocycles. The van der Waals surface area contributed by atoms with E-state index in [1.807, 2.05) is 0 Å². The molecule has 8 heteroatoms. The van der Waals surface area contributed by atoms with Crippen LogP contribution in [0.4, 0.5) is 23.7 Å². The summed E-state index contributed by atoms with van der Waals surface area (Å²) >= 11 is 0.626. The standard InChI is InChI=1S/C14H19F3N2O2S/c1-9-3-4-12(22-8-14(15,16)17)11(7-9)19-13(21)18-10(2)5-6-20/h3-4,7,10,20H,5-6,8H2,1-2H3,(H2,18,19,21)/t10-/m0/s1. The van der Waals surface area contributed by atoms with Crippen molar-refractivity contribution >= 4 is 23.5 Å². The van der Waals surface area contributed by atoms with Gasteiger partial charge in [0.05, 0.1) is 11.4 Å². The average molecular weight is 336 g/mol. The summed E-state index contributed by atoms with van der Waals surface area (Å²) in [6.45, 7) is 3.46. The lowest BCUT2D eigenvalue weighted by Gasteiger charge is -2.16. The van der Waals surface area contributed by atoms with Crippen LogP contribution in [-0.4, -0.2) is 35.7 Å². The van der Waals surface area contributed by atoms with E-state index in [1.165, 1.54) is 0 Å². The molecule has 0 fully saturated rings. The molecule has 3 N–H and O–H groups in total. The van der Waals surface area contributed by atoms with Crippen LogP contribution in [0.15, 0.2) is 23.1 Å². The maximum atomic E-state index is 12.3. The third-order valence-electron chi connectivity index (χ3n) is 2.71. The number of alkyl halides is 3. The van der Waals surface area contributed by atoms with Gasteiger partial charge in [-0.1, -0.05) is 6.07 Å². The van der Waals surface area contributed by atoms with Crippen LogP contribution in [0.25, 0.3) is 0 Å². The van der Waals surface area contributed by atoms with Crippen LogP contribution in [0.3, 0.4) is 0 Å². The van der Waals surface area contributed by atoms with Crippen molar-refractivity contribution in [2.75, 3.05) is 17.7 Å². The molecule has 2 amide bonds. The molecule has 0 unspecified atom stereocenters. The number of amides is 2. The summed E-state index contributed by atoms with van der Waals surface area (Å²) in [5.41, 5.74) is 1.16. The number of hydrogen-bond donors (Lipinski definition) is 3. The van der Waals surface area contributed by atoms with E-state index in [-0.39, 0.29) is 12.6 Å². The van der Waals surface area contributed by atoms with Crippen molar-refractivity contribution < 1.29 is 23.1 Å². The highest BCUT2D eigenvalue weighted by Crippen LogP contribution is 2.32. The molecule has 4 nitrogen and oxygen atoms in total. The Morgan fingerprint density at radius 3 is 2.68 bits per heavy atom. The minimum Gasteiger partial charge on any atom is -0.396 e. The van der Waals surface area contributed by atoms with Gasteiger partial charge < -0.3 is 15.7 Å². The summed E-state index contributed by atoms with van der Waals surface area (Å²) in [6, 6.07) is 4.12. The van der Waals surface area contributed by atoms with Gasteiger partial charge in [-0.3, -0.25) is 0 Å². The third-order valence-corrected chi connectivity index (χ3v) is 3.85. The minimum absolute atomic E-state index is 0.0570. The first-order chi connectivity index (χ1) is 10.2. The molecule has 0 aliphatic carbocycles. The van der Waals surface area contributed by atoms with Crippen LogP contribution >= 0.6 is 11.8 Å². The first-order valence-electron chi connectivity index (χ1n) is 6.70. The fraction of sp³-hybridized carbons (Fsp3) is 0.500. The normalized spacial score (nSPS) is 12.8. The highest BCUT2D eigenvalue weighted by Gasteiger charge is 2.27. The van der Waals surface area contributed by atoms with Gasteiger partial charge in [-0.25, -0.2) is 4.79 Å². The van der Waals surface area contributed by atoms with E-state index in [0.717, 1.165) is 5.56 Å². The first kappa shape index (κ1) is 18.6. The Morgan fingerprint density at radius 1 is 1.41 bits per heavy atom. The van der Waals surface area contributed by atoms with Crippen LogP contribution < -0.4 is 10.6 Å². The summed E-state index contributed by atoms with van der Waals surface area (Å²) in [5, 5.41) is 13.9. The predicted molar refractivity (Wildman–Crippen MR) is 81.3 cm³/mol. The van der Waals surface area contributed by atoms with E-state index < -0.39 is 18.0 Å². The van der Waals surface area contributed by atoms with Gasteiger partial charge in [0.25, 0.3) is 0 Å². The molecule has 1 atom stereocenters. The van der Waals surface area contributed by atoms with Crippen molar-refractivity contribution in [3.05, 3.63) is 23.8 Å². The van der Waals surface area contributed by atoms with Crippen LogP contribution in [0.2, 0.25) is 0 Å². The number of hydrogen-bond acceptors (Lipinski definition) is 3. The number of aliphatic hydroxyl groups is 1. The molecule has 1 rings (SSSR count). The number of carbonyl (C=O) groups excluding carboxylic acids is 1. The molecule has 1 aromatic rings. The number of benzene rings is 1. The fourth-order valence-corrected chi connectivity index (χ4v) is 2.42. The lowest BCUT2D eigenvalue weighted by atomic mass is 10.2. The summed E-state index contributed by atoms with van der Waals surface area (Å²) < 4.78 is 37.0. The maximum absolute atomic E-state index is 12.3. The van der Waals surface area contributed by atoms with Crippen LogP contribution in [0.1, 0.15) is 18.9 Å². The Morgan fingerprint density at radius 2 is 2.09 bits per heavy atom. The quantitative estimate of drug-likeness (QED) is 0.696. The number of thioether (sulfide) groups is 1. The molecule has 0 saturated heterocycles. The molecule has 0 aliphatic heterocycles. The Labute approximate surface area is 131 Å². The van der Waals surface area contributed by atoms with E-state index in [1.54, 1.807) is 32.0 Å². The lowest BCUT2D eigenvalue weighted by Crippen LogP contribution is -2.36. The molecular weight excluding hydrogens is 317 g/mol. The summed E-state index contributed by atoms with van der Waals surface area (Å²) in [5.74, 6) is -1.02. The zero-order valence-corrected chi connectivity index (χ0v) is 13.1. The molecule has 124 valence electrons. The molecule has 0 aromatic heterocycles. The van der Waals surface area contributed by atoms with Crippen molar-refractivity contribution in [3.8, 4) is 0 Å². The van der Waals surface area contributed by atoms with Crippen molar-refractivity contribution in [2.45, 2.75) is 37.4 Å². The van der Waals surface area contributed by atoms with E-state index in [9.17, 15) is 18.0 Å². The molecule has 0 heterocycles. The van der Waals surface area contributed by atoms with Gasteiger partial charge in [-0.2, -0.15) is 13.2 Å². The number of carbonyl (C=O) groups is 1. The average Bonchev–Trinajstić information content (AvgIpc) is 2.36. The van der Waals surface area contributed by atoms with E-state index in [0.29, 0.717) is 28.8 Å². The molecule has 22 heavy (non-hydrogen) atoms. The summed E-state index contributed by atoms with van der Waals surface area (Å²) in [6.07, 6.45) is -3.87. The Bertz CT molecular complexity index is 509. The van der Waals surface area contributed by atoms with Gasteiger partial charge in [0, 0.05) is 17.5 Å². The number of urea groups is 1. The summed E-state index contributed by atoms with van der Waals surface area (Å²) in [4.78, 5) is 12.2. The van der Waals surface area contributed by atoms with Crippen molar-refractivity contribution in [2.24, 2.45) is 0 Å². The van der Waals surface area contributed by atoms with Crippen molar-refractivity contribution in [1.82, 2.24) is 5.32 Å². The molecule has 0 aliphatic rings. The largest absolute Gasteiger partial charge is 0.398 e. The van der Waals surface area contributed by atoms with Gasteiger partial charge in [-0.15, -0.1) is 11.8 Å².